The van der Waals surface area contributed by atoms with Crippen LogP contribution in [-0.4, -0.2) is 18.1 Å². The Kier molecular flexibility index (Phi) is 2.79. The minimum absolute atomic E-state index is 0.0973. The third-order valence-electron chi connectivity index (χ3n) is 4.14. The molecular formula is C14H19FN2. The lowest BCUT2D eigenvalue weighted by molar-refractivity contribution is 0.269. The largest absolute Gasteiger partial charge is 0.363 e. The maximum absolute atomic E-state index is 13.9. The quantitative estimate of drug-likeness (QED) is 0.809. The SMILES string of the molecule is NC1CC2CCCC(C1)N2c1ccccc1F. The van der Waals surface area contributed by atoms with Crippen molar-refractivity contribution in [2.45, 2.75) is 50.2 Å². The number of halogens is 1. The summed E-state index contributed by atoms with van der Waals surface area (Å²) >= 11 is 0. The molecule has 0 aliphatic carbocycles. The van der Waals surface area contributed by atoms with Crippen LogP contribution in [0.5, 0.6) is 0 Å². The molecule has 2 unspecified atom stereocenters. The van der Waals surface area contributed by atoms with Crippen LogP contribution in [0.4, 0.5) is 10.1 Å². The monoisotopic (exact) mass is 234 g/mol. The van der Waals surface area contributed by atoms with Crippen molar-refractivity contribution < 1.29 is 4.39 Å². The molecule has 2 aliphatic heterocycles. The third kappa shape index (κ3) is 1.93. The van der Waals surface area contributed by atoms with E-state index in [4.69, 9.17) is 5.73 Å². The number of fused-ring (bicyclic) bond motifs is 2. The lowest BCUT2D eigenvalue weighted by Gasteiger charge is -2.49. The first kappa shape index (κ1) is 11.0. The van der Waals surface area contributed by atoms with E-state index in [1.807, 2.05) is 12.1 Å². The summed E-state index contributed by atoms with van der Waals surface area (Å²) in [5.41, 5.74) is 6.86. The average Bonchev–Trinajstić information content (AvgIpc) is 2.29. The number of hydrogen-bond donors (Lipinski definition) is 1. The Morgan fingerprint density at radius 3 is 2.41 bits per heavy atom. The van der Waals surface area contributed by atoms with Gasteiger partial charge in [0.25, 0.3) is 0 Å². The lowest BCUT2D eigenvalue weighted by Crippen LogP contribution is -2.55. The molecule has 2 atom stereocenters. The fourth-order valence-electron chi connectivity index (χ4n) is 3.48. The molecule has 0 spiro atoms. The van der Waals surface area contributed by atoms with Gasteiger partial charge in [-0.2, -0.15) is 0 Å². The molecule has 0 saturated carbocycles. The second-order valence-corrected chi connectivity index (χ2v) is 5.33. The summed E-state index contributed by atoms with van der Waals surface area (Å²) in [4.78, 5) is 2.29. The molecule has 2 saturated heterocycles. The van der Waals surface area contributed by atoms with Crippen molar-refractivity contribution in [3.63, 3.8) is 0 Å². The number of nitrogens with zero attached hydrogens (tertiary/aromatic N) is 1. The minimum Gasteiger partial charge on any atom is -0.363 e. The summed E-state index contributed by atoms with van der Waals surface area (Å²) in [6.45, 7) is 0. The van der Waals surface area contributed by atoms with Crippen LogP contribution in [-0.2, 0) is 0 Å². The highest BCUT2D eigenvalue weighted by Crippen LogP contribution is 2.38. The van der Waals surface area contributed by atoms with Crippen molar-refractivity contribution in [2.24, 2.45) is 5.73 Å². The standard InChI is InChI=1S/C14H19FN2/c15-13-6-1-2-7-14(13)17-11-4-3-5-12(17)9-10(16)8-11/h1-2,6-7,10-12H,3-5,8-9,16H2. The number of rotatable bonds is 1. The number of piperidine rings is 2. The van der Waals surface area contributed by atoms with E-state index >= 15 is 0 Å². The van der Waals surface area contributed by atoms with E-state index in [1.54, 1.807) is 12.1 Å². The molecule has 2 aliphatic rings. The molecule has 0 aromatic heterocycles. The van der Waals surface area contributed by atoms with Crippen molar-refractivity contribution >= 4 is 5.69 Å². The van der Waals surface area contributed by atoms with Crippen LogP contribution < -0.4 is 10.6 Å². The zero-order chi connectivity index (χ0) is 11.8. The van der Waals surface area contributed by atoms with E-state index in [1.165, 1.54) is 6.42 Å². The molecule has 3 heteroatoms. The van der Waals surface area contributed by atoms with Crippen LogP contribution in [0.2, 0.25) is 0 Å². The molecule has 2 bridgehead atoms. The van der Waals surface area contributed by atoms with Gasteiger partial charge >= 0.3 is 0 Å². The van der Waals surface area contributed by atoms with Gasteiger partial charge in [-0.3, -0.25) is 0 Å². The second-order valence-electron chi connectivity index (χ2n) is 5.33. The molecule has 2 fully saturated rings. The van der Waals surface area contributed by atoms with E-state index in [9.17, 15) is 4.39 Å². The lowest BCUT2D eigenvalue weighted by atomic mass is 9.81. The summed E-state index contributed by atoms with van der Waals surface area (Å²) in [5.74, 6) is -0.0973. The molecule has 2 heterocycles. The molecule has 2 N–H and O–H groups in total. The van der Waals surface area contributed by atoms with Gasteiger partial charge in [-0.05, 0) is 44.2 Å². The first-order valence-corrected chi connectivity index (χ1v) is 6.54. The van der Waals surface area contributed by atoms with Gasteiger partial charge in [0.1, 0.15) is 5.82 Å². The molecule has 1 aromatic carbocycles. The highest BCUT2D eigenvalue weighted by Gasteiger charge is 2.37. The Morgan fingerprint density at radius 2 is 1.76 bits per heavy atom. The summed E-state index contributed by atoms with van der Waals surface area (Å²) in [7, 11) is 0. The minimum atomic E-state index is -0.0973. The first-order valence-electron chi connectivity index (χ1n) is 6.54. The summed E-state index contributed by atoms with van der Waals surface area (Å²) in [5, 5.41) is 0. The zero-order valence-corrected chi connectivity index (χ0v) is 9.98. The summed E-state index contributed by atoms with van der Waals surface area (Å²) in [6, 6.07) is 8.31. The third-order valence-corrected chi connectivity index (χ3v) is 4.14. The van der Waals surface area contributed by atoms with Gasteiger partial charge in [-0.25, -0.2) is 4.39 Å². The molecule has 92 valence electrons. The van der Waals surface area contributed by atoms with E-state index < -0.39 is 0 Å². The van der Waals surface area contributed by atoms with Gasteiger partial charge in [0, 0.05) is 18.1 Å². The molecule has 2 nitrogen and oxygen atoms in total. The van der Waals surface area contributed by atoms with Crippen LogP contribution in [0.1, 0.15) is 32.1 Å². The van der Waals surface area contributed by atoms with Gasteiger partial charge in [-0.15, -0.1) is 0 Å². The fraction of sp³-hybridized carbons (Fsp3) is 0.571. The fourth-order valence-corrected chi connectivity index (χ4v) is 3.48. The Hall–Kier alpha value is -1.09. The Labute approximate surface area is 102 Å². The van der Waals surface area contributed by atoms with Crippen molar-refractivity contribution in [3.8, 4) is 0 Å². The van der Waals surface area contributed by atoms with E-state index in [-0.39, 0.29) is 5.82 Å². The molecular weight excluding hydrogens is 215 g/mol. The van der Waals surface area contributed by atoms with Gasteiger partial charge in [0.15, 0.2) is 0 Å². The van der Waals surface area contributed by atoms with Gasteiger partial charge < -0.3 is 10.6 Å². The Bertz CT molecular complexity index is 393. The van der Waals surface area contributed by atoms with Gasteiger partial charge in [0.05, 0.1) is 5.69 Å². The second kappa shape index (κ2) is 4.30. The smallest absolute Gasteiger partial charge is 0.146 e. The van der Waals surface area contributed by atoms with Gasteiger partial charge in [-0.1, -0.05) is 12.1 Å². The number of para-hydroxylation sites is 1. The van der Waals surface area contributed by atoms with Gasteiger partial charge in [0.2, 0.25) is 0 Å². The maximum atomic E-state index is 13.9. The topological polar surface area (TPSA) is 29.3 Å². The highest BCUT2D eigenvalue weighted by molar-refractivity contribution is 5.51. The van der Waals surface area contributed by atoms with Crippen molar-refractivity contribution in [1.29, 1.82) is 0 Å². The predicted molar refractivity (Wildman–Crippen MR) is 67.5 cm³/mol. The van der Waals surface area contributed by atoms with Crippen LogP contribution in [0, 0.1) is 5.82 Å². The molecule has 0 radical (unpaired) electrons. The average molecular weight is 234 g/mol. The van der Waals surface area contributed by atoms with E-state index in [0.29, 0.717) is 18.1 Å². The Balaban J connectivity index is 1.94. The highest BCUT2D eigenvalue weighted by atomic mass is 19.1. The zero-order valence-electron chi connectivity index (χ0n) is 9.98. The van der Waals surface area contributed by atoms with Crippen molar-refractivity contribution in [1.82, 2.24) is 0 Å². The summed E-state index contributed by atoms with van der Waals surface area (Å²) in [6.07, 6.45) is 5.57. The van der Waals surface area contributed by atoms with Crippen LogP contribution in [0.25, 0.3) is 0 Å². The first-order chi connectivity index (χ1) is 8.25. The number of benzene rings is 1. The molecule has 0 amide bonds. The van der Waals surface area contributed by atoms with Crippen LogP contribution in [0.3, 0.4) is 0 Å². The molecule has 17 heavy (non-hydrogen) atoms. The van der Waals surface area contributed by atoms with Crippen molar-refractivity contribution in [2.75, 3.05) is 4.90 Å². The van der Waals surface area contributed by atoms with E-state index in [2.05, 4.69) is 4.90 Å². The van der Waals surface area contributed by atoms with Crippen LogP contribution >= 0.6 is 0 Å². The maximum Gasteiger partial charge on any atom is 0.146 e. The Morgan fingerprint density at radius 1 is 1.12 bits per heavy atom. The normalized spacial score (nSPS) is 32.6. The number of hydrogen-bond acceptors (Lipinski definition) is 2. The van der Waals surface area contributed by atoms with Crippen molar-refractivity contribution in [3.05, 3.63) is 30.1 Å². The summed E-state index contributed by atoms with van der Waals surface area (Å²) < 4.78 is 13.9. The molecule has 1 aromatic rings. The van der Waals surface area contributed by atoms with E-state index in [0.717, 1.165) is 31.4 Å². The van der Waals surface area contributed by atoms with Crippen LogP contribution in [0.15, 0.2) is 24.3 Å². The number of anilines is 1. The predicted octanol–water partition coefficient (Wildman–Crippen LogP) is 2.67. The number of nitrogens with two attached hydrogens (primary N) is 1. The molecule has 3 rings (SSSR count).